The highest BCUT2D eigenvalue weighted by atomic mass is 16.6. The fourth-order valence-corrected chi connectivity index (χ4v) is 2.34. The minimum Gasteiger partial charge on any atom is -0.376 e. The van der Waals surface area contributed by atoms with Crippen molar-refractivity contribution >= 4 is 10.8 Å². The Hall–Kier alpha value is -1.42. The van der Waals surface area contributed by atoms with Crippen LogP contribution < -0.4 is 5.73 Å². The summed E-state index contributed by atoms with van der Waals surface area (Å²) in [6.45, 7) is 1.88. The molecule has 0 saturated carbocycles. The largest absolute Gasteiger partial charge is 0.376 e. The average molecular weight is 243 g/mol. The predicted molar refractivity (Wildman–Crippen MR) is 71.4 cm³/mol. The van der Waals surface area contributed by atoms with E-state index in [4.69, 9.17) is 15.2 Å². The minimum atomic E-state index is -0.130. The van der Waals surface area contributed by atoms with E-state index in [0.29, 0.717) is 19.8 Å². The van der Waals surface area contributed by atoms with Crippen LogP contribution in [0.2, 0.25) is 0 Å². The van der Waals surface area contributed by atoms with Crippen molar-refractivity contribution in [3.8, 4) is 0 Å². The van der Waals surface area contributed by atoms with Crippen molar-refractivity contribution < 1.29 is 9.47 Å². The molecular weight excluding hydrogens is 226 g/mol. The van der Waals surface area contributed by atoms with Crippen LogP contribution in [0.3, 0.4) is 0 Å². The molecule has 1 heterocycles. The molecule has 2 unspecified atom stereocenters. The quantitative estimate of drug-likeness (QED) is 0.880. The number of nitrogens with two attached hydrogens (primary N) is 1. The van der Waals surface area contributed by atoms with Gasteiger partial charge in [0.1, 0.15) is 6.10 Å². The monoisotopic (exact) mass is 243 g/mol. The van der Waals surface area contributed by atoms with Gasteiger partial charge in [0.15, 0.2) is 0 Å². The summed E-state index contributed by atoms with van der Waals surface area (Å²) in [5, 5.41) is 2.44. The molecule has 0 aromatic heterocycles. The zero-order chi connectivity index (χ0) is 12.4. The van der Waals surface area contributed by atoms with Crippen molar-refractivity contribution in [2.45, 2.75) is 12.1 Å². The van der Waals surface area contributed by atoms with Gasteiger partial charge in [-0.3, -0.25) is 0 Å². The Kier molecular flexibility index (Phi) is 3.28. The van der Waals surface area contributed by atoms with Crippen molar-refractivity contribution in [3.05, 3.63) is 48.0 Å². The zero-order valence-corrected chi connectivity index (χ0v) is 10.2. The lowest BCUT2D eigenvalue weighted by Gasteiger charge is -2.28. The first-order chi connectivity index (χ1) is 8.84. The maximum atomic E-state index is 6.26. The first-order valence-corrected chi connectivity index (χ1v) is 6.28. The molecule has 0 amide bonds. The van der Waals surface area contributed by atoms with Crippen LogP contribution in [0.1, 0.15) is 11.6 Å². The van der Waals surface area contributed by atoms with Gasteiger partial charge in [-0.05, 0) is 22.4 Å². The van der Waals surface area contributed by atoms with Gasteiger partial charge in [0.2, 0.25) is 0 Å². The number of ether oxygens (including phenoxy) is 2. The van der Waals surface area contributed by atoms with Gasteiger partial charge in [-0.15, -0.1) is 0 Å². The lowest BCUT2D eigenvalue weighted by atomic mass is 9.99. The van der Waals surface area contributed by atoms with E-state index in [1.54, 1.807) is 0 Å². The molecule has 0 bridgehead atoms. The third-order valence-corrected chi connectivity index (χ3v) is 3.40. The van der Waals surface area contributed by atoms with E-state index >= 15 is 0 Å². The van der Waals surface area contributed by atoms with Gasteiger partial charge in [-0.2, -0.15) is 0 Å². The van der Waals surface area contributed by atoms with Gasteiger partial charge < -0.3 is 15.2 Å². The van der Waals surface area contributed by atoms with E-state index in [2.05, 4.69) is 30.3 Å². The Bertz CT molecular complexity index is 535. The molecular formula is C15H17NO2. The molecule has 1 aliphatic rings. The summed E-state index contributed by atoms with van der Waals surface area (Å²) in [6.07, 6.45) is -0.0417. The maximum Gasteiger partial charge on any atom is 0.100 e. The van der Waals surface area contributed by atoms with Crippen LogP contribution in [0.15, 0.2) is 42.5 Å². The molecule has 2 N–H and O–H groups in total. The van der Waals surface area contributed by atoms with E-state index in [1.807, 2.05) is 12.1 Å². The predicted octanol–water partition coefficient (Wildman–Crippen LogP) is 2.26. The molecule has 3 heteroatoms. The summed E-state index contributed by atoms with van der Waals surface area (Å²) >= 11 is 0. The maximum absolute atomic E-state index is 6.26. The van der Waals surface area contributed by atoms with Crippen LogP contribution in [0.5, 0.6) is 0 Å². The fraction of sp³-hybridized carbons (Fsp3) is 0.333. The number of rotatable bonds is 2. The minimum absolute atomic E-state index is 0.0417. The summed E-state index contributed by atoms with van der Waals surface area (Å²) in [4.78, 5) is 0. The fourth-order valence-electron chi connectivity index (χ4n) is 2.34. The first-order valence-electron chi connectivity index (χ1n) is 6.28. The Balaban J connectivity index is 1.88. The second-order valence-electron chi connectivity index (χ2n) is 4.62. The van der Waals surface area contributed by atoms with Gasteiger partial charge in [0, 0.05) is 0 Å². The highest BCUT2D eigenvalue weighted by Gasteiger charge is 2.23. The summed E-state index contributed by atoms with van der Waals surface area (Å²) in [6, 6.07) is 14.5. The molecule has 2 aromatic rings. The SMILES string of the molecule is NC(c1ccc2ccccc2c1)C1COCCO1. The molecule has 2 atom stereocenters. The lowest BCUT2D eigenvalue weighted by Crippen LogP contribution is -2.37. The van der Waals surface area contributed by atoms with Gasteiger partial charge in [-0.25, -0.2) is 0 Å². The van der Waals surface area contributed by atoms with Crippen LogP contribution in [0, 0.1) is 0 Å². The smallest absolute Gasteiger partial charge is 0.100 e. The van der Waals surface area contributed by atoms with E-state index < -0.39 is 0 Å². The molecule has 1 fully saturated rings. The third-order valence-electron chi connectivity index (χ3n) is 3.40. The van der Waals surface area contributed by atoms with Crippen LogP contribution in [0.4, 0.5) is 0 Å². The Morgan fingerprint density at radius 3 is 2.67 bits per heavy atom. The van der Waals surface area contributed by atoms with Crippen molar-refractivity contribution in [1.82, 2.24) is 0 Å². The van der Waals surface area contributed by atoms with Gasteiger partial charge in [0.05, 0.1) is 25.9 Å². The van der Waals surface area contributed by atoms with Crippen molar-refractivity contribution in [3.63, 3.8) is 0 Å². The van der Waals surface area contributed by atoms with E-state index in [0.717, 1.165) is 5.56 Å². The molecule has 0 radical (unpaired) electrons. The lowest BCUT2D eigenvalue weighted by molar-refractivity contribution is -0.0975. The number of benzene rings is 2. The van der Waals surface area contributed by atoms with E-state index in [9.17, 15) is 0 Å². The van der Waals surface area contributed by atoms with Crippen molar-refractivity contribution in [1.29, 1.82) is 0 Å². The summed E-state index contributed by atoms with van der Waals surface area (Å²) < 4.78 is 11.1. The summed E-state index contributed by atoms with van der Waals surface area (Å²) in [7, 11) is 0. The highest BCUT2D eigenvalue weighted by molar-refractivity contribution is 5.83. The van der Waals surface area contributed by atoms with Gasteiger partial charge >= 0.3 is 0 Å². The third kappa shape index (κ3) is 2.25. The Morgan fingerprint density at radius 2 is 1.89 bits per heavy atom. The summed E-state index contributed by atoms with van der Waals surface area (Å²) in [5.41, 5.74) is 7.36. The molecule has 1 saturated heterocycles. The molecule has 1 aliphatic heterocycles. The average Bonchev–Trinajstić information content (AvgIpc) is 2.47. The number of fused-ring (bicyclic) bond motifs is 1. The van der Waals surface area contributed by atoms with Gasteiger partial charge in [0.25, 0.3) is 0 Å². The Labute approximate surface area is 106 Å². The van der Waals surface area contributed by atoms with E-state index in [1.165, 1.54) is 10.8 Å². The second-order valence-corrected chi connectivity index (χ2v) is 4.62. The van der Waals surface area contributed by atoms with Crippen LogP contribution in [-0.4, -0.2) is 25.9 Å². The van der Waals surface area contributed by atoms with E-state index in [-0.39, 0.29) is 12.1 Å². The van der Waals surface area contributed by atoms with Crippen LogP contribution in [0.25, 0.3) is 10.8 Å². The normalized spacial score (nSPS) is 21.9. The molecule has 3 rings (SSSR count). The second kappa shape index (κ2) is 5.06. The first kappa shape index (κ1) is 11.7. The molecule has 18 heavy (non-hydrogen) atoms. The molecule has 0 spiro atoms. The highest BCUT2D eigenvalue weighted by Crippen LogP contribution is 2.23. The standard InChI is InChI=1S/C15H17NO2/c16-15(14-10-17-7-8-18-14)13-6-5-11-3-1-2-4-12(11)9-13/h1-6,9,14-15H,7-8,10,16H2. The topological polar surface area (TPSA) is 44.5 Å². The van der Waals surface area contributed by atoms with Crippen molar-refractivity contribution in [2.24, 2.45) is 5.73 Å². The molecule has 0 aliphatic carbocycles. The van der Waals surface area contributed by atoms with Crippen LogP contribution >= 0.6 is 0 Å². The zero-order valence-electron chi connectivity index (χ0n) is 10.2. The number of hydrogen-bond donors (Lipinski definition) is 1. The van der Waals surface area contributed by atoms with Crippen molar-refractivity contribution in [2.75, 3.05) is 19.8 Å². The molecule has 3 nitrogen and oxygen atoms in total. The Morgan fingerprint density at radius 1 is 1.06 bits per heavy atom. The summed E-state index contributed by atoms with van der Waals surface area (Å²) in [5.74, 6) is 0. The number of hydrogen-bond acceptors (Lipinski definition) is 3. The van der Waals surface area contributed by atoms with Crippen LogP contribution in [-0.2, 0) is 9.47 Å². The van der Waals surface area contributed by atoms with Gasteiger partial charge in [-0.1, -0.05) is 36.4 Å². The molecule has 2 aromatic carbocycles. The molecule has 94 valence electrons.